The van der Waals surface area contributed by atoms with Crippen molar-refractivity contribution < 1.29 is 8.42 Å². The van der Waals surface area contributed by atoms with E-state index < -0.39 is 10.0 Å². The van der Waals surface area contributed by atoms with Crippen LogP contribution in [0.5, 0.6) is 0 Å². The second-order valence-electron chi connectivity index (χ2n) is 3.49. The fourth-order valence-corrected chi connectivity index (χ4v) is 4.53. The summed E-state index contributed by atoms with van der Waals surface area (Å²) in [6.07, 6.45) is 0. The van der Waals surface area contributed by atoms with E-state index in [0.29, 0.717) is 16.4 Å². The Hall–Kier alpha value is -0.890. The first-order valence-corrected chi connectivity index (χ1v) is 8.11. The van der Waals surface area contributed by atoms with Gasteiger partial charge in [0.05, 0.1) is 5.69 Å². The highest BCUT2D eigenvalue weighted by atomic mass is 32.2. The average Bonchev–Trinajstić information content (AvgIpc) is 2.87. The lowest BCUT2D eigenvalue weighted by atomic mass is 10.3. The Morgan fingerprint density at radius 1 is 1.47 bits per heavy atom. The van der Waals surface area contributed by atoms with Gasteiger partial charge in [0, 0.05) is 16.8 Å². The molecule has 0 atom stereocenters. The smallest absolute Gasteiger partial charge is 0.271 e. The summed E-state index contributed by atoms with van der Waals surface area (Å²) >= 11 is 2.66. The van der Waals surface area contributed by atoms with Gasteiger partial charge in [0.25, 0.3) is 10.0 Å². The van der Waals surface area contributed by atoms with Crippen molar-refractivity contribution in [3.8, 4) is 0 Å². The number of hydrogen-bond donors (Lipinski definition) is 2. The minimum Gasteiger partial charge on any atom is -0.326 e. The minimum atomic E-state index is -3.48. The summed E-state index contributed by atoms with van der Waals surface area (Å²) in [4.78, 5) is 0.899. The largest absolute Gasteiger partial charge is 0.326 e. The van der Waals surface area contributed by atoms with E-state index in [1.165, 1.54) is 22.7 Å². The van der Waals surface area contributed by atoms with Crippen LogP contribution in [0, 0.1) is 6.92 Å². The lowest BCUT2D eigenvalue weighted by Gasteiger charge is -2.02. The van der Waals surface area contributed by atoms with E-state index in [4.69, 9.17) is 5.73 Å². The Labute approximate surface area is 108 Å². The molecule has 0 saturated heterocycles. The second-order valence-corrected chi connectivity index (χ2v) is 7.32. The number of rotatable bonds is 4. The Morgan fingerprint density at radius 3 is 2.76 bits per heavy atom. The predicted octanol–water partition coefficient (Wildman–Crippen LogP) is 2.38. The van der Waals surface area contributed by atoms with Gasteiger partial charge in [-0.15, -0.1) is 11.3 Å². The molecule has 2 rings (SSSR count). The SMILES string of the molecule is Cc1cc(S(=O)(=O)Nc2ccsc2)sc1CN. The quantitative estimate of drug-likeness (QED) is 0.907. The molecule has 0 bridgehead atoms. The fraction of sp³-hybridized carbons (Fsp3) is 0.200. The van der Waals surface area contributed by atoms with Crippen LogP contribution in [0.25, 0.3) is 0 Å². The van der Waals surface area contributed by atoms with Gasteiger partial charge < -0.3 is 5.73 Å². The number of sulfonamides is 1. The molecule has 2 heterocycles. The van der Waals surface area contributed by atoms with Crippen LogP contribution in [-0.4, -0.2) is 8.42 Å². The monoisotopic (exact) mass is 288 g/mol. The molecule has 0 aliphatic carbocycles. The summed E-state index contributed by atoms with van der Waals surface area (Å²) in [7, 11) is -3.48. The van der Waals surface area contributed by atoms with Gasteiger partial charge in [0.2, 0.25) is 0 Å². The molecule has 4 nitrogen and oxygen atoms in total. The molecule has 0 amide bonds. The van der Waals surface area contributed by atoms with Crippen molar-refractivity contribution in [1.82, 2.24) is 0 Å². The van der Waals surface area contributed by atoms with Gasteiger partial charge in [0.15, 0.2) is 0 Å². The van der Waals surface area contributed by atoms with Gasteiger partial charge in [0.1, 0.15) is 4.21 Å². The molecule has 2 aromatic rings. The van der Waals surface area contributed by atoms with Crippen LogP contribution in [0.15, 0.2) is 27.1 Å². The second kappa shape index (κ2) is 4.77. The topological polar surface area (TPSA) is 72.2 Å². The van der Waals surface area contributed by atoms with Gasteiger partial charge >= 0.3 is 0 Å². The first-order valence-electron chi connectivity index (χ1n) is 4.87. The van der Waals surface area contributed by atoms with E-state index in [-0.39, 0.29) is 0 Å². The number of nitrogens with two attached hydrogens (primary N) is 1. The van der Waals surface area contributed by atoms with Crippen LogP contribution < -0.4 is 10.5 Å². The molecule has 0 aromatic carbocycles. The van der Waals surface area contributed by atoms with E-state index in [1.54, 1.807) is 17.5 Å². The summed E-state index contributed by atoms with van der Waals surface area (Å²) in [5.74, 6) is 0. The highest BCUT2D eigenvalue weighted by Crippen LogP contribution is 2.27. The normalized spacial score (nSPS) is 11.6. The van der Waals surface area contributed by atoms with Crippen molar-refractivity contribution >= 4 is 38.4 Å². The summed E-state index contributed by atoms with van der Waals surface area (Å²) in [6, 6.07) is 3.38. The van der Waals surface area contributed by atoms with E-state index in [2.05, 4.69) is 4.72 Å². The minimum absolute atomic E-state index is 0.307. The lowest BCUT2D eigenvalue weighted by Crippen LogP contribution is -2.10. The van der Waals surface area contributed by atoms with Gasteiger partial charge in [-0.2, -0.15) is 11.3 Å². The van der Waals surface area contributed by atoms with Crippen molar-refractivity contribution in [1.29, 1.82) is 0 Å². The molecule has 0 aliphatic heterocycles. The zero-order valence-corrected chi connectivity index (χ0v) is 11.6. The average molecular weight is 288 g/mol. The molecule has 17 heavy (non-hydrogen) atoms. The molecule has 0 fully saturated rings. The van der Waals surface area contributed by atoms with Gasteiger partial charge in [-0.3, -0.25) is 4.72 Å². The molecule has 2 aromatic heterocycles. The standard InChI is InChI=1S/C10H12N2O2S3/c1-7-4-10(16-9(7)5-11)17(13,14)12-8-2-3-15-6-8/h2-4,6,12H,5,11H2,1H3. The van der Waals surface area contributed by atoms with Gasteiger partial charge in [-0.1, -0.05) is 0 Å². The fourth-order valence-electron chi connectivity index (χ4n) is 1.35. The number of aryl methyl sites for hydroxylation is 1. The van der Waals surface area contributed by atoms with Crippen LogP contribution >= 0.6 is 22.7 Å². The van der Waals surface area contributed by atoms with Gasteiger partial charge in [-0.05, 0) is 30.0 Å². The molecule has 7 heteroatoms. The molecule has 0 unspecified atom stereocenters. The molecule has 3 N–H and O–H groups in total. The summed E-state index contributed by atoms with van der Waals surface area (Å²) in [5, 5.41) is 3.57. The summed E-state index contributed by atoms with van der Waals surface area (Å²) < 4.78 is 26.9. The number of anilines is 1. The molecular weight excluding hydrogens is 276 g/mol. The van der Waals surface area contributed by atoms with E-state index >= 15 is 0 Å². The molecule has 0 spiro atoms. The lowest BCUT2D eigenvalue weighted by molar-refractivity contribution is 0.603. The number of hydrogen-bond acceptors (Lipinski definition) is 5. The number of nitrogens with one attached hydrogen (secondary N) is 1. The van der Waals surface area contributed by atoms with Crippen LogP contribution in [0.2, 0.25) is 0 Å². The summed E-state index contributed by atoms with van der Waals surface area (Å²) in [6.45, 7) is 2.23. The third-order valence-electron chi connectivity index (χ3n) is 2.22. The van der Waals surface area contributed by atoms with Crippen molar-refractivity contribution in [3.05, 3.63) is 33.3 Å². The highest BCUT2D eigenvalue weighted by molar-refractivity contribution is 7.94. The zero-order chi connectivity index (χ0) is 12.5. The van der Waals surface area contributed by atoms with Crippen molar-refractivity contribution in [2.24, 2.45) is 5.73 Å². The van der Waals surface area contributed by atoms with Crippen molar-refractivity contribution in [2.45, 2.75) is 17.7 Å². The summed E-state index contributed by atoms with van der Waals surface area (Å²) in [5.41, 5.74) is 7.05. The van der Waals surface area contributed by atoms with Crippen LogP contribution in [0.1, 0.15) is 10.4 Å². The van der Waals surface area contributed by atoms with E-state index in [0.717, 1.165) is 10.4 Å². The van der Waals surface area contributed by atoms with E-state index in [1.807, 2.05) is 12.3 Å². The third-order valence-corrected chi connectivity index (χ3v) is 6.02. The number of thiophene rings is 2. The third kappa shape index (κ3) is 2.68. The molecule has 0 radical (unpaired) electrons. The Balaban J connectivity index is 2.31. The van der Waals surface area contributed by atoms with Gasteiger partial charge in [-0.25, -0.2) is 8.42 Å². The molecule has 0 aliphatic rings. The maximum Gasteiger partial charge on any atom is 0.271 e. The van der Waals surface area contributed by atoms with Crippen LogP contribution in [0.3, 0.4) is 0 Å². The molecule has 92 valence electrons. The molecule has 0 saturated carbocycles. The Bertz CT molecular complexity index is 600. The van der Waals surface area contributed by atoms with Crippen LogP contribution in [0.4, 0.5) is 5.69 Å². The zero-order valence-electron chi connectivity index (χ0n) is 9.14. The highest BCUT2D eigenvalue weighted by Gasteiger charge is 2.18. The predicted molar refractivity (Wildman–Crippen MR) is 72.1 cm³/mol. The van der Waals surface area contributed by atoms with Crippen molar-refractivity contribution in [3.63, 3.8) is 0 Å². The Morgan fingerprint density at radius 2 is 2.24 bits per heavy atom. The van der Waals surface area contributed by atoms with Crippen LogP contribution in [-0.2, 0) is 16.6 Å². The Kier molecular flexibility index (Phi) is 3.53. The molecular formula is C10H12N2O2S3. The maximum atomic E-state index is 12.0. The first kappa shape index (κ1) is 12.6. The maximum absolute atomic E-state index is 12.0. The first-order chi connectivity index (χ1) is 8.03. The van der Waals surface area contributed by atoms with E-state index in [9.17, 15) is 8.42 Å². The van der Waals surface area contributed by atoms with Crippen molar-refractivity contribution in [2.75, 3.05) is 4.72 Å².